The van der Waals surface area contributed by atoms with Gasteiger partial charge in [0.05, 0.1) is 12.5 Å². The van der Waals surface area contributed by atoms with Crippen molar-refractivity contribution in [2.75, 3.05) is 13.2 Å². The summed E-state index contributed by atoms with van der Waals surface area (Å²) in [7, 11) is 0. The molecule has 31 heavy (non-hydrogen) atoms. The van der Waals surface area contributed by atoms with Crippen LogP contribution in [-0.2, 0) is 30.3 Å². The number of carboxylic acids is 1. The van der Waals surface area contributed by atoms with E-state index in [0.29, 0.717) is 6.42 Å². The third-order valence-corrected chi connectivity index (χ3v) is 5.61. The van der Waals surface area contributed by atoms with Gasteiger partial charge in [-0.15, -0.1) is 0 Å². The molecule has 7 nitrogen and oxygen atoms in total. The van der Waals surface area contributed by atoms with Crippen molar-refractivity contribution < 1.29 is 29.0 Å². The lowest BCUT2D eigenvalue weighted by Crippen LogP contribution is -2.52. The van der Waals surface area contributed by atoms with Crippen molar-refractivity contribution >= 4 is 28.6 Å². The predicted octanol–water partition coefficient (Wildman–Crippen LogP) is 2.95. The topological polar surface area (TPSA) is 102 Å². The zero-order valence-electron chi connectivity index (χ0n) is 18.1. The van der Waals surface area contributed by atoms with E-state index < -0.39 is 41.3 Å². The van der Waals surface area contributed by atoms with Crippen molar-refractivity contribution in [2.24, 2.45) is 11.3 Å². The third kappa shape index (κ3) is 5.22. The SMILES string of the molecule is CCCO[C@H](C(=O)O)C(Cc1ccc2ccccc2c1)C(=O)N[C@@H]1C(=O)OCC1(C)C. The van der Waals surface area contributed by atoms with Crippen LogP contribution in [0.4, 0.5) is 0 Å². The van der Waals surface area contributed by atoms with E-state index in [-0.39, 0.29) is 19.6 Å². The van der Waals surface area contributed by atoms with E-state index in [1.165, 1.54) is 0 Å². The van der Waals surface area contributed by atoms with E-state index in [0.717, 1.165) is 16.3 Å². The van der Waals surface area contributed by atoms with Crippen LogP contribution in [-0.4, -0.2) is 48.3 Å². The Morgan fingerprint density at radius 3 is 2.55 bits per heavy atom. The van der Waals surface area contributed by atoms with Crippen molar-refractivity contribution in [3.8, 4) is 0 Å². The maximum absolute atomic E-state index is 13.2. The largest absolute Gasteiger partial charge is 0.479 e. The van der Waals surface area contributed by atoms with Crippen molar-refractivity contribution in [1.82, 2.24) is 5.32 Å². The van der Waals surface area contributed by atoms with Gasteiger partial charge in [-0.1, -0.05) is 63.2 Å². The number of carbonyl (C=O) groups is 3. The van der Waals surface area contributed by atoms with E-state index in [1.54, 1.807) is 0 Å². The molecule has 0 radical (unpaired) electrons. The molecule has 0 saturated carbocycles. The maximum Gasteiger partial charge on any atom is 0.333 e. The highest BCUT2D eigenvalue weighted by molar-refractivity contribution is 5.91. The lowest BCUT2D eigenvalue weighted by Gasteiger charge is -2.28. The standard InChI is InChI=1S/C24H29NO6/c1-4-11-30-19(22(27)28)18(21(26)25-20-23(29)31-14-24(20,2)3)13-15-9-10-16-7-5-6-8-17(16)12-15/h5-10,12,18-20H,4,11,13-14H2,1-3H3,(H,25,26)(H,27,28)/t18?,19-,20+/m0/s1. The summed E-state index contributed by atoms with van der Waals surface area (Å²) in [4.78, 5) is 37.4. The Morgan fingerprint density at radius 2 is 1.94 bits per heavy atom. The van der Waals surface area contributed by atoms with E-state index in [4.69, 9.17) is 9.47 Å². The van der Waals surface area contributed by atoms with Crippen LogP contribution in [0.25, 0.3) is 10.8 Å². The normalized spacial score (nSPS) is 19.6. The summed E-state index contributed by atoms with van der Waals surface area (Å²) in [5.74, 6) is -3.25. The Kier molecular flexibility index (Phi) is 6.95. The zero-order chi connectivity index (χ0) is 22.6. The number of carbonyl (C=O) groups excluding carboxylic acids is 2. The molecule has 0 spiro atoms. The molecule has 3 rings (SSSR count). The second-order valence-electron chi connectivity index (χ2n) is 8.66. The highest BCUT2D eigenvalue weighted by Gasteiger charge is 2.46. The summed E-state index contributed by atoms with van der Waals surface area (Å²) in [5, 5.41) is 14.6. The molecule has 1 fully saturated rings. The molecule has 2 N–H and O–H groups in total. The van der Waals surface area contributed by atoms with Gasteiger partial charge in [-0.25, -0.2) is 9.59 Å². The van der Waals surface area contributed by atoms with Gasteiger partial charge in [0.2, 0.25) is 5.91 Å². The molecule has 0 bridgehead atoms. The minimum Gasteiger partial charge on any atom is -0.479 e. The molecule has 7 heteroatoms. The maximum atomic E-state index is 13.2. The second-order valence-corrected chi connectivity index (χ2v) is 8.66. The number of ether oxygens (including phenoxy) is 2. The first-order valence-electron chi connectivity index (χ1n) is 10.5. The van der Waals surface area contributed by atoms with Gasteiger partial charge in [0.15, 0.2) is 6.10 Å². The lowest BCUT2D eigenvalue weighted by atomic mass is 9.86. The number of rotatable bonds is 9. The number of fused-ring (bicyclic) bond motifs is 1. The molecule has 166 valence electrons. The molecule has 3 atom stereocenters. The Hall–Kier alpha value is -2.93. The molecular weight excluding hydrogens is 398 g/mol. The molecule has 1 heterocycles. The fourth-order valence-corrected chi connectivity index (χ4v) is 3.81. The summed E-state index contributed by atoms with van der Waals surface area (Å²) >= 11 is 0. The molecule has 1 aliphatic heterocycles. The van der Waals surface area contributed by atoms with Gasteiger partial charge in [0.1, 0.15) is 6.04 Å². The molecule has 0 aliphatic carbocycles. The molecular formula is C24H29NO6. The molecule has 2 aromatic rings. The molecule has 0 aromatic heterocycles. The van der Waals surface area contributed by atoms with E-state index in [1.807, 2.05) is 63.2 Å². The van der Waals surface area contributed by atoms with Crippen LogP contribution in [0.1, 0.15) is 32.8 Å². The number of carboxylic acid groups (broad SMARTS) is 1. The van der Waals surface area contributed by atoms with Crippen LogP contribution in [0.3, 0.4) is 0 Å². The number of cyclic esters (lactones) is 1. The average Bonchev–Trinajstić information content (AvgIpc) is 2.99. The van der Waals surface area contributed by atoms with Gasteiger partial charge in [-0.2, -0.15) is 0 Å². The number of aliphatic carboxylic acids is 1. The first-order chi connectivity index (χ1) is 14.7. The van der Waals surface area contributed by atoms with Crippen molar-refractivity contribution in [1.29, 1.82) is 0 Å². The van der Waals surface area contributed by atoms with E-state index in [9.17, 15) is 19.5 Å². The molecule has 2 aromatic carbocycles. The Labute approximate surface area is 181 Å². The summed E-state index contributed by atoms with van der Waals surface area (Å²) < 4.78 is 10.7. The monoisotopic (exact) mass is 427 g/mol. The average molecular weight is 427 g/mol. The lowest BCUT2D eigenvalue weighted by molar-refractivity contribution is -0.158. The van der Waals surface area contributed by atoms with Gasteiger partial charge in [-0.3, -0.25) is 4.79 Å². The fraction of sp³-hybridized carbons (Fsp3) is 0.458. The Morgan fingerprint density at radius 1 is 1.23 bits per heavy atom. The number of hydrogen-bond donors (Lipinski definition) is 2. The second kappa shape index (κ2) is 9.47. The number of nitrogens with one attached hydrogen (secondary N) is 1. The fourth-order valence-electron chi connectivity index (χ4n) is 3.81. The van der Waals surface area contributed by atoms with E-state index >= 15 is 0 Å². The highest BCUT2D eigenvalue weighted by atomic mass is 16.5. The van der Waals surface area contributed by atoms with Crippen LogP contribution in [0.2, 0.25) is 0 Å². The summed E-state index contributed by atoms with van der Waals surface area (Å²) in [6.07, 6.45) is -0.540. The first-order valence-corrected chi connectivity index (χ1v) is 10.5. The Balaban J connectivity index is 1.90. The van der Waals surface area contributed by atoms with Gasteiger partial charge in [0, 0.05) is 12.0 Å². The molecule has 1 unspecified atom stereocenters. The predicted molar refractivity (Wildman–Crippen MR) is 115 cm³/mol. The van der Waals surface area contributed by atoms with Crippen LogP contribution in [0, 0.1) is 11.3 Å². The quantitative estimate of drug-likeness (QED) is 0.597. The number of amides is 1. The Bertz CT molecular complexity index is 969. The highest BCUT2D eigenvalue weighted by Crippen LogP contribution is 2.29. The first kappa shape index (κ1) is 22.7. The summed E-state index contributed by atoms with van der Waals surface area (Å²) in [6.45, 7) is 5.93. The van der Waals surface area contributed by atoms with Crippen molar-refractivity contribution in [2.45, 2.75) is 45.8 Å². The van der Waals surface area contributed by atoms with Crippen molar-refractivity contribution in [3.05, 3.63) is 48.0 Å². The van der Waals surface area contributed by atoms with Crippen LogP contribution < -0.4 is 5.32 Å². The van der Waals surface area contributed by atoms with Gasteiger partial charge >= 0.3 is 11.9 Å². The smallest absolute Gasteiger partial charge is 0.333 e. The number of hydrogen-bond acceptors (Lipinski definition) is 5. The minimum atomic E-state index is -1.33. The minimum absolute atomic E-state index is 0.166. The van der Waals surface area contributed by atoms with Crippen molar-refractivity contribution in [3.63, 3.8) is 0 Å². The number of benzene rings is 2. The summed E-state index contributed by atoms with van der Waals surface area (Å²) in [6, 6.07) is 12.8. The zero-order valence-corrected chi connectivity index (χ0v) is 18.1. The van der Waals surface area contributed by atoms with Crippen LogP contribution >= 0.6 is 0 Å². The van der Waals surface area contributed by atoms with E-state index in [2.05, 4.69) is 5.32 Å². The van der Waals surface area contributed by atoms with Crippen LogP contribution in [0.15, 0.2) is 42.5 Å². The molecule has 1 aliphatic rings. The molecule has 1 saturated heterocycles. The van der Waals surface area contributed by atoms with Gasteiger partial charge in [-0.05, 0) is 29.2 Å². The van der Waals surface area contributed by atoms with Gasteiger partial charge < -0.3 is 19.9 Å². The third-order valence-electron chi connectivity index (χ3n) is 5.61. The van der Waals surface area contributed by atoms with Gasteiger partial charge in [0.25, 0.3) is 0 Å². The van der Waals surface area contributed by atoms with Crippen LogP contribution in [0.5, 0.6) is 0 Å². The molecule has 1 amide bonds. The number of esters is 1. The summed E-state index contributed by atoms with van der Waals surface area (Å²) in [5.41, 5.74) is 0.238.